The van der Waals surface area contributed by atoms with Gasteiger partial charge in [-0.25, -0.2) is 0 Å². The van der Waals surface area contributed by atoms with E-state index in [-0.39, 0.29) is 18.1 Å². The van der Waals surface area contributed by atoms with Gasteiger partial charge in [0.15, 0.2) is 0 Å². The molecular formula is C17H34N2O2. The van der Waals surface area contributed by atoms with E-state index in [0.717, 1.165) is 64.5 Å². The molecule has 4 nitrogen and oxygen atoms in total. The molecule has 0 aromatic rings. The lowest BCUT2D eigenvalue weighted by atomic mass is 9.91. The standard InChI is InChI=1S/C17H34N2O2/c1-4-6-12-19(13-7-5-2)17(21)14-18(3)15-10-8-9-11-16(15)20/h15-16,20H,4-14H2,1-3H3. The Morgan fingerprint density at radius 2 is 1.67 bits per heavy atom. The average molecular weight is 298 g/mol. The maximum Gasteiger partial charge on any atom is 0.236 e. The highest BCUT2D eigenvalue weighted by molar-refractivity contribution is 5.78. The zero-order valence-corrected chi connectivity index (χ0v) is 14.2. The molecule has 1 aliphatic rings. The van der Waals surface area contributed by atoms with E-state index in [1.54, 1.807) is 0 Å². The van der Waals surface area contributed by atoms with Crippen LogP contribution in [0.25, 0.3) is 0 Å². The Morgan fingerprint density at radius 3 is 2.19 bits per heavy atom. The fourth-order valence-corrected chi connectivity index (χ4v) is 3.10. The summed E-state index contributed by atoms with van der Waals surface area (Å²) in [6.07, 6.45) is 8.27. The molecule has 0 saturated heterocycles. The zero-order chi connectivity index (χ0) is 15.7. The first-order valence-corrected chi connectivity index (χ1v) is 8.76. The summed E-state index contributed by atoms with van der Waals surface area (Å²) >= 11 is 0. The number of unbranched alkanes of at least 4 members (excludes halogenated alkanes) is 2. The first kappa shape index (κ1) is 18.4. The van der Waals surface area contributed by atoms with Gasteiger partial charge >= 0.3 is 0 Å². The van der Waals surface area contributed by atoms with Gasteiger partial charge in [-0.1, -0.05) is 39.5 Å². The van der Waals surface area contributed by atoms with E-state index in [9.17, 15) is 9.90 Å². The van der Waals surface area contributed by atoms with Gasteiger partial charge in [0.05, 0.1) is 12.6 Å². The molecule has 0 aromatic heterocycles. The molecule has 1 fully saturated rings. The van der Waals surface area contributed by atoms with Crippen molar-refractivity contribution in [2.45, 2.75) is 77.4 Å². The number of hydrogen-bond acceptors (Lipinski definition) is 3. The minimum absolute atomic E-state index is 0.155. The Kier molecular flexibility index (Phi) is 8.93. The van der Waals surface area contributed by atoms with Gasteiger partial charge < -0.3 is 10.0 Å². The number of aliphatic hydroxyl groups excluding tert-OH is 1. The predicted molar refractivity (Wildman–Crippen MR) is 87.3 cm³/mol. The van der Waals surface area contributed by atoms with E-state index >= 15 is 0 Å². The van der Waals surface area contributed by atoms with Gasteiger partial charge in [-0.2, -0.15) is 0 Å². The van der Waals surface area contributed by atoms with Crippen LogP contribution in [-0.4, -0.2) is 59.6 Å². The van der Waals surface area contributed by atoms with E-state index in [2.05, 4.69) is 18.7 Å². The Hall–Kier alpha value is -0.610. The van der Waals surface area contributed by atoms with E-state index in [0.29, 0.717) is 6.54 Å². The normalized spacial score (nSPS) is 22.5. The Bertz CT molecular complexity index is 289. The summed E-state index contributed by atoms with van der Waals surface area (Å²) in [5, 5.41) is 10.1. The summed E-state index contributed by atoms with van der Waals surface area (Å²) < 4.78 is 0. The van der Waals surface area contributed by atoms with Gasteiger partial charge in [-0.05, 0) is 32.7 Å². The topological polar surface area (TPSA) is 43.8 Å². The van der Waals surface area contributed by atoms with Crippen LogP contribution in [0.5, 0.6) is 0 Å². The maximum absolute atomic E-state index is 12.5. The molecule has 1 N–H and O–H groups in total. The summed E-state index contributed by atoms with van der Waals surface area (Å²) in [4.78, 5) is 16.6. The molecule has 1 amide bonds. The third-order valence-corrected chi connectivity index (χ3v) is 4.56. The molecule has 0 aliphatic heterocycles. The van der Waals surface area contributed by atoms with Gasteiger partial charge in [0.2, 0.25) is 5.91 Å². The van der Waals surface area contributed by atoms with Crippen LogP contribution < -0.4 is 0 Å². The number of aliphatic hydroxyl groups is 1. The highest BCUT2D eigenvalue weighted by atomic mass is 16.3. The van der Waals surface area contributed by atoms with Gasteiger partial charge in [-0.3, -0.25) is 9.69 Å². The van der Waals surface area contributed by atoms with Crippen LogP contribution >= 0.6 is 0 Å². The predicted octanol–water partition coefficient (Wildman–Crippen LogP) is 2.65. The fourth-order valence-electron chi connectivity index (χ4n) is 3.10. The molecule has 21 heavy (non-hydrogen) atoms. The number of nitrogens with zero attached hydrogens (tertiary/aromatic N) is 2. The first-order chi connectivity index (χ1) is 10.1. The second-order valence-electron chi connectivity index (χ2n) is 6.42. The van der Waals surface area contributed by atoms with E-state index in [1.807, 2.05) is 11.9 Å². The highest BCUT2D eigenvalue weighted by Gasteiger charge is 2.28. The smallest absolute Gasteiger partial charge is 0.236 e. The molecule has 1 rings (SSSR count). The van der Waals surface area contributed by atoms with Crippen LogP contribution in [0.1, 0.15) is 65.2 Å². The molecule has 1 aliphatic carbocycles. The summed E-state index contributed by atoms with van der Waals surface area (Å²) in [6.45, 7) is 6.50. The average Bonchev–Trinajstić information content (AvgIpc) is 2.47. The van der Waals surface area contributed by atoms with Crippen LogP contribution in [0.3, 0.4) is 0 Å². The largest absolute Gasteiger partial charge is 0.391 e. The molecule has 0 radical (unpaired) electrons. The highest BCUT2D eigenvalue weighted by Crippen LogP contribution is 2.22. The second kappa shape index (κ2) is 10.2. The molecule has 4 heteroatoms. The van der Waals surface area contributed by atoms with Gasteiger partial charge in [0.25, 0.3) is 0 Å². The maximum atomic E-state index is 12.5. The molecule has 0 spiro atoms. The van der Waals surface area contributed by atoms with Gasteiger partial charge in [-0.15, -0.1) is 0 Å². The van der Waals surface area contributed by atoms with Crippen molar-refractivity contribution in [1.82, 2.24) is 9.80 Å². The third-order valence-electron chi connectivity index (χ3n) is 4.56. The van der Waals surface area contributed by atoms with Crippen molar-refractivity contribution >= 4 is 5.91 Å². The number of carbonyl (C=O) groups is 1. The molecule has 0 heterocycles. The quantitative estimate of drug-likeness (QED) is 0.711. The summed E-state index contributed by atoms with van der Waals surface area (Å²) in [5.74, 6) is 0.220. The lowest BCUT2D eigenvalue weighted by Gasteiger charge is -2.36. The number of rotatable bonds is 9. The monoisotopic (exact) mass is 298 g/mol. The van der Waals surface area contributed by atoms with Gasteiger partial charge in [0.1, 0.15) is 0 Å². The van der Waals surface area contributed by atoms with Crippen molar-refractivity contribution in [2.75, 3.05) is 26.7 Å². The van der Waals surface area contributed by atoms with Crippen molar-refractivity contribution in [3.05, 3.63) is 0 Å². The molecule has 0 bridgehead atoms. The lowest BCUT2D eigenvalue weighted by molar-refractivity contribution is -0.133. The third kappa shape index (κ3) is 6.35. The molecule has 124 valence electrons. The minimum atomic E-state index is -0.267. The van der Waals surface area contributed by atoms with Crippen molar-refractivity contribution in [2.24, 2.45) is 0 Å². The second-order valence-corrected chi connectivity index (χ2v) is 6.42. The molecule has 2 unspecified atom stereocenters. The van der Waals surface area contributed by atoms with E-state index < -0.39 is 0 Å². The van der Waals surface area contributed by atoms with Crippen molar-refractivity contribution in [3.8, 4) is 0 Å². The van der Waals surface area contributed by atoms with E-state index in [1.165, 1.54) is 0 Å². The number of carbonyl (C=O) groups excluding carboxylic acids is 1. The van der Waals surface area contributed by atoms with Crippen LogP contribution in [0, 0.1) is 0 Å². The summed E-state index contributed by atoms with van der Waals surface area (Å²) in [7, 11) is 1.98. The van der Waals surface area contributed by atoms with Crippen LogP contribution in [0.15, 0.2) is 0 Å². The number of likely N-dealkylation sites (N-methyl/N-ethyl adjacent to an activating group) is 1. The number of amides is 1. The molecule has 2 atom stereocenters. The van der Waals surface area contributed by atoms with Crippen LogP contribution in [0.4, 0.5) is 0 Å². The first-order valence-electron chi connectivity index (χ1n) is 8.76. The number of hydrogen-bond donors (Lipinski definition) is 1. The zero-order valence-electron chi connectivity index (χ0n) is 14.2. The van der Waals surface area contributed by atoms with Crippen molar-refractivity contribution in [3.63, 3.8) is 0 Å². The van der Waals surface area contributed by atoms with Crippen molar-refractivity contribution < 1.29 is 9.90 Å². The molecular weight excluding hydrogens is 264 g/mol. The van der Waals surface area contributed by atoms with Gasteiger partial charge in [0, 0.05) is 19.1 Å². The van der Waals surface area contributed by atoms with Crippen LogP contribution in [-0.2, 0) is 4.79 Å². The SMILES string of the molecule is CCCCN(CCCC)C(=O)CN(C)C1CCCCC1O. The van der Waals surface area contributed by atoms with E-state index in [4.69, 9.17) is 0 Å². The fraction of sp³-hybridized carbons (Fsp3) is 0.941. The van der Waals surface area contributed by atoms with Crippen LogP contribution in [0.2, 0.25) is 0 Å². The molecule has 1 saturated carbocycles. The lowest BCUT2D eigenvalue weighted by Crippen LogP contribution is -2.48. The minimum Gasteiger partial charge on any atom is -0.391 e. The summed E-state index contributed by atoms with van der Waals surface area (Å²) in [5.41, 5.74) is 0. The Morgan fingerprint density at radius 1 is 1.10 bits per heavy atom. The Labute approximate surface area is 130 Å². The summed E-state index contributed by atoms with van der Waals surface area (Å²) in [6, 6.07) is 0.155. The van der Waals surface area contributed by atoms with Crippen molar-refractivity contribution in [1.29, 1.82) is 0 Å². The Balaban J connectivity index is 2.49. The molecule has 0 aromatic carbocycles.